The van der Waals surface area contributed by atoms with Crippen LogP contribution < -0.4 is 15.4 Å². The van der Waals surface area contributed by atoms with Gasteiger partial charge in [-0.25, -0.2) is 4.39 Å². The van der Waals surface area contributed by atoms with Gasteiger partial charge in [0.05, 0.1) is 7.11 Å². The standard InChI is InChI=1S/C12H17FN2O2/c1-3-14-12(16)4-5-15-10-6-9(13)7-11(8-10)17-2/h6-8,15H,3-5H2,1-2H3,(H,14,16). The van der Waals surface area contributed by atoms with E-state index in [2.05, 4.69) is 10.6 Å². The van der Waals surface area contributed by atoms with Crippen LogP contribution in [-0.2, 0) is 4.79 Å². The molecule has 1 rings (SSSR count). The van der Waals surface area contributed by atoms with Gasteiger partial charge in [0.2, 0.25) is 5.91 Å². The molecule has 5 heteroatoms. The molecule has 0 saturated carbocycles. The Morgan fingerprint density at radius 1 is 1.41 bits per heavy atom. The Kier molecular flexibility index (Phi) is 5.26. The van der Waals surface area contributed by atoms with Crippen molar-refractivity contribution in [2.75, 3.05) is 25.5 Å². The van der Waals surface area contributed by atoms with Crippen molar-refractivity contribution in [1.29, 1.82) is 0 Å². The summed E-state index contributed by atoms with van der Waals surface area (Å²) in [5, 5.41) is 5.66. The Balaban J connectivity index is 2.46. The number of nitrogens with one attached hydrogen (secondary N) is 2. The van der Waals surface area contributed by atoms with Crippen molar-refractivity contribution in [2.45, 2.75) is 13.3 Å². The molecule has 1 aromatic carbocycles. The van der Waals surface area contributed by atoms with E-state index in [1.807, 2.05) is 6.92 Å². The Hall–Kier alpha value is -1.78. The molecule has 0 bridgehead atoms. The molecule has 4 nitrogen and oxygen atoms in total. The lowest BCUT2D eigenvalue weighted by molar-refractivity contribution is -0.120. The van der Waals surface area contributed by atoms with Crippen LogP contribution in [0, 0.1) is 5.82 Å². The number of benzene rings is 1. The first-order chi connectivity index (χ1) is 8.15. The van der Waals surface area contributed by atoms with E-state index in [4.69, 9.17) is 4.74 Å². The van der Waals surface area contributed by atoms with Gasteiger partial charge in [-0.2, -0.15) is 0 Å². The van der Waals surface area contributed by atoms with Crippen molar-refractivity contribution in [3.05, 3.63) is 24.0 Å². The summed E-state index contributed by atoms with van der Waals surface area (Å²) < 4.78 is 18.1. The summed E-state index contributed by atoms with van der Waals surface area (Å²) in [5.41, 5.74) is 0.603. The van der Waals surface area contributed by atoms with Gasteiger partial charge in [-0.05, 0) is 13.0 Å². The Morgan fingerprint density at radius 2 is 2.18 bits per heavy atom. The van der Waals surface area contributed by atoms with Gasteiger partial charge < -0.3 is 15.4 Å². The number of methoxy groups -OCH3 is 1. The van der Waals surface area contributed by atoms with Crippen LogP contribution in [0.25, 0.3) is 0 Å². The van der Waals surface area contributed by atoms with Crippen LogP contribution in [0.15, 0.2) is 18.2 Å². The van der Waals surface area contributed by atoms with Crippen molar-refractivity contribution >= 4 is 11.6 Å². The predicted molar refractivity (Wildman–Crippen MR) is 64.7 cm³/mol. The molecule has 0 saturated heterocycles. The second-order valence-corrected chi connectivity index (χ2v) is 3.51. The van der Waals surface area contributed by atoms with E-state index in [9.17, 15) is 9.18 Å². The van der Waals surface area contributed by atoms with Crippen LogP contribution in [0.1, 0.15) is 13.3 Å². The van der Waals surface area contributed by atoms with Crippen LogP contribution in [0.5, 0.6) is 5.75 Å². The molecule has 0 fully saturated rings. The quantitative estimate of drug-likeness (QED) is 0.796. The highest BCUT2D eigenvalue weighted by Crippen LogP contribution is 2.19. The predicted octanol–water partition coefficient (Wildman–Crippen LogP) is 1.77. The van der Waals surface area contributed by atoms with Crippen molar-refractivity contribution in [3.63, 3.8) is 0 Å². The fourth-order valence-electron chi connectivity index (χ4n) is 1.39. The molecule has 0 unspecified atom stereocenters. The zero-order valence-electron chi connectivity index (χ0n) is 10.0. The first-order valence-corrected chi connectivity index (χ1v) is 5.51. The number of hydrogen-bond acceptors (Lipinski definition) is 3. The Bertz CT molecular complexity index is 383. The van der Waals surface area contributed by atoms with Gasteiger partial charge in [-0.15, -0.1) is 0 Å². The molecule has 0 aliphatic heterocycles. The highest BCUT2D eigenvalue weighted by molar-refractivity contribution is 5.76. The molecule has 0 atom stereocenters. The van der Waals surface area contributed by atoms with E-state index in [0.29, 0.717) is 30.9 Å². The van der Waals surface area contributed by atoms with E-state index >= 15 is 0 Å². The third kappa shape index (κ3) is 4.72. The molecule has 0 aliphatic rings. The topological polar surface area (TPSA) is 50.4 Å². The fourth-order valence-corrected chi connectivity index (χ4v) is 1.39. The van der Waals surface area contributed by atoms with Gasteiger partial charge in [0.25, 0.3) is 0 Å². The molecule has 0 heterocycles. The maximum Gasteiger partial charge on any atom is 0.221 e. The van der Waals surface area contributed by atoms with E-state index in [1.54, 1.807) is 6.07 Å². The minimum Gasteiger partial charge on any atom is -0.497 e. The molecule has 0 aliphatic carbocycles. The van der Waals surface area contributed by atoms with Gasteiger partial charge in [-0.3, -0.25) is 4.79 Å². The lowest BCUT2D eigenvalue weighted by Crippen LogP contribution is -2.24. The zero-order valence-corrected chi connectivity index (χ0v) is 10.0. The van der Waals surface area contributed by atoms with Crippen molar-refractivity contribution < 1.29 is 13.9 Å². The van der Waals surface area contributed by atoms with Crippen LogP contribution in [0.4, 0.5) is 10.1 Å². The second-order valence-electron chi connectivity index (χ2n) is 3.51. The average molecular weight is 240 g/mol. The second kappa shape index (κ2) is 6.73. The summed E-state index contributed by atoms with van der Waals surface area (Å²) in [5.74, 6) is 0.0544. The lowest BCUT2D eigenvalue weighted by atomic mass is 10.2. The molecule has 1 aromatic rings. The number of carbonyl (C=O) groups is 1. The molecule has 94 valence electrons. The average Bonchev–Trinajstić information content (AvgIpc) is 2.28. The van der Waals surface area contributed by atoms with Gasteiger partial charge in [0.1, 0.15) is 11.6 Å². The minimum absolute atomic E-state index is 0.0247. The maximum atomic E-state index is 13.1. The van der Waals surface area contributed by atoms with Crippen LogP contribution in [0.2, 0.25) is 0 Å². The third-order valence-electron chi connectivity index (χ3n) is 2.16. The maximum absolute atomic E-state index is 13.1. The normalized spacial score (nSPS) is 9.82. The van der Waals surface area contributed by atoms with Crippen molar-refractivity contribution in [1.82, 2.24) is 5.32 Å². The summed E-state index contributed by atoms with van der Waals surface area (Å²) in [4.78, 5) is 11.2. The molecule has 2 N–H and O–H groups in total. The zero-order chi connectivity index (χ0) is 12.7. The summed E-state index contributed by atoms with van der Waals surface area (Å²) in [6, 6.07) is 4.34. The van der Waals surface area contributed by atoms with Gasteiger partial charge in [-0.1, -0.05) is 0 Å². The van der Waals surface area contributed by atoms with Crippen molar-refractivity contribution in [3.8, 4) is 5.75 Å². The molecule has 0 spiro atoms. The lowest BCUT2D eigenvalue weighted by Gasteiger charge is -2.08. The Labute approximate surface area is 100 Å². The first kappa shape index (κ1) is 13.3. The first-order valence-electron chi connectivity index (χ1n) is 5.51. The summed E-state index contributed by atoms with van der Waals surface area (Å²) in [7, 11) is 1.48. The molecule has 0 aromatic heterocycles. The highest BCUT2D eigenvalue weighted by Gasteiger charge is 2.02. The summed E-state index contributed by atoms with van der Waals surface area (Å²) in [6.07, 6.45) is 0.354. The molecule has 1 amide bonds. The number of anilines is 1. The van der Waals surface area contributed by atoms with Crippen LogP contribution in [0.3, 0.4) is 0 Å². The van der Waals surface area contributed by atoms with Gasteiger partial charge in [0.15, 0.2) is 0 Å². The van der Waals surface area contributed by atoms with E-state index < -0.39 is 0 Å². The molecular weight excluding hydrogens is 223 g/mol. The van der Waals surface area contributed by atoms with E-state index in [0.717, 1.165) is 0 Å². The Morgan fingerprint density at radius 3 is 2.82 bits per heavy atom. The fraction of sp³-hybridized carbons (Fsp3) is 0.417. The highest BCUT2D eigenvalue weighted by atomic mass is 19.1. The minimum atomic E-state index is -0.371. The number of rotatable bonds is 6. The molecule has 0 radical (unpaired) electrons. The summed E-state index contributed by atoms with van der Waals surface area (Å²) in [6.45, 7) is 2.94. The summed E-state index contributed by atoms with van der Waals surface area (Å²) >= 11 is 0. The largest absolute Gasteiger partial charge is 0.497 e. The number of carbonyl (C=O) groups excluding carboxylic acids is 1. The number of halogens is 1. The van der Waals surface area contributed by atoms with Gasteiger partial charge >= 0.3 is 0 Å². The van der Waals surface area contributed by atoms with E-state index in [-0.39, 0.29) is 11.7 Å². The third-order valence-corrected chi connectivity index (χ3v) is 2.16. The number of amides is 1. The smallest absolute Gasteiger partial charge is 0.221 e. The van der Waals surface area contributed by atoms with Crippen LogP contribution in [-0.4, -0.2) is 26.1 Å². The SMILES string of the molecule is CCNC(=O)CCNc1cc(F)cc(OC)c1. The van der Waals surface area contributed by atoms with Gasteiger partial charge in [0, 0.05) is 37.3 Å². The van der Waals surface area contributed by atoms with Crippen molar-refractivity contribution in [2.24, 2.45) is 0 Å². The molecule has 17 heavy (non-hydrogen) atoms. The van der Waals surface area contributed by atoms with Crippen LogP contribution >= 0.6 is 0 Å². The molecular formula is C12H17FN2O2. The number of ether oxygens (including phenoxy) is 1. The van der Waals surface area contributed by atoms with E-state index in [1.165, 1.54) is 19.2 Å². The monoisotopic (exact) mass is 240 g/mol. The number of hydrogen-bond donors (Lipinski definition) is 2.